The van der Waals surface area contributed by atoms with Gasteiger partial charge in [0.25, 0.3) is 0 Å². The molecular formula is C12H22P+. The SMILES string of the molecule is CCCC[P+]1(CCCC)C=CC=C1. The lowest BCUT2D eigenvalue weighted by molar-refractivity contribution is 0.866. The molecule has 1 heterocycles. The van der Waals surface area contributed by atoms with E-state index < -0.39 is 7.26 Å². The monoisotopic (exact) mass is 197 g/mol. The van der Waals surface area contributed by atoms with Gasteiger partial charge in [0.2, 0.25) is 0 Å². The van der Waals surface area contributed by atoms with Gasteiger partial charge in [0.15, 0.2) is 0 Å². The molecule has 0 saturated heterocycles. The second-order valence-corrected chi connectivity index (χ2v) is 7.64. The molecular weight excluding hydrogens is 175 g/mol. The molecule has 0 aliphatic carbocycles. The Kier molecular flexibility index (Phi) is 4.73. The molecule has 0 amide bonds. The highest BCUT2D eigenvalue weighted by atomic mass is 31.2. The summed E-state index contributed by atoms with van der Waals surface area (Å²) < 4.78 is 0. The van der Waals surface area contributed by atoms with Gasteiger partial charge in [0.1, 0.15) is 0 Å². The van der Waals surface area contributed by atoms with Crippen molar-refractivity contribution < 1.29 is 0 Å². The zero-order valence-electron chi connectivity index (χ0n) is 9.00. The van der Waals surface area contributed by atoms with E-state index in [4.69, 9.17) is 0 Å². The fourth-order valence-corrected chi connectivity index (χ4v) is 5.42. The van der Waals surface area contributed by atoms with Crippen molar-refractivity contribution in [3.63, 3.8) is 0 Å². The Morgan fingerprint density at radius 3 is 1.69 bits per heavy atom. The van der Waals surface area contributed by atoms with Crippen LogP contribution in [0, 0.1) is 0 Å². The molecule has 0 atom stereocenters. The molecule has 0 aromatic rings. The van der Waals surface area contributed by atoms with Crippen LogP contribution in [0.4, 0.5) is 0 Å². The predicted octanol–water partition coefficient (Wildman–Crippen LogP) is 4.65. The smallest absolute Gasteiger partial charge is 0.0652 e. The van der Waals surface area contributed by atoms with Crippen LogP contribution >= 0.6 is 7.26 Å². The molecule has 0 bridgehead atoms. The summed E-state index contributed by atoms with van der Waals surface area (Å²) in [5.41, 5.74) is 0. The highest BCUT2D eigenvalue weighted by Crippen LogP contribution is 2.65. The largest absolute Gasteiger partial charge is 0.0677 e. The summed E-state index contributed by atoms with van der Waals surface area (Å²) in [7, 11) is -0.741. The normalized spacial score (nSPS) is 18.3. The van der Waals surface area contributed by atoms with Crippen LogP contribution < -0.4 is 0 Å². The fourth-order valence-electron chi connectivity index (χ4n) is 1.81. The molecule has 13 heavy (non-hydrogen) atoms. The minimum Gasteiger partial charge on any atom is -0.0652 e. The molecule has 1 heteroatoms. The van der Waals surface area contributed by atoms with E-state index in [0.717, 1.165) is 0 Å². The Morgan fingerprint density at radius 2 is 1.31 bits per heavy atom. The average Bonchev–Trinajstić information content (AvgIpc) is 2.61. The van der Waals surface area contributed by atoms with Crippen LogP contribution in [-0.2, 0) is 0 Å². The van der Waals surface area contributed by atoms with Crippen LogP contribution in [0.2, 0.25) is 0 Å². The van der Waals surface area contributed by atoms with E-state index in [1.165, 1.54) is 38.0 Å². The van der Waals surface area contributed by atoms with Gasteiger partial charge in [0, 0.05) is 0 Å². The van der Waals surface area contributed by atoms with E-state index in [-0.39, 0.29) is 0 Å². The van der Waals surface area contributed by atoms with Crippen molar-refractivity contribution in [2.45, 2.75) is 39.5 Å². The van der Waals surface area contributed by atoms with Crippen LogP contribution in [-0.4, -0.2) is 12.3 Å². The summed E-state index contributed by atoms with van der Waals surface area (Å²) in [6, 6.07) is 0. The zero-order chi connectivity index (χ0) is 9.57. The van der Waals surface area contributed by atoms with Crippen molar-refractivity contribution in [1.82, 2.24) is 0 Å². The highest BCUT2D eigenvalue weighted by Gasteiger charge is 2.32. The lowest BCUT2D eigenvalue weighted by Gasteiger charge is -2.16. The Morgan fingerprint density at radius 1 is 0.846 bits per heavy atom. The molecule has 0 aromatic carbocycles. The van der Waals surface area contributed by atoms with Gasteiger partial charge >= 0.3 is 0 Å². The first-order valence-corrected chi connectivity index (χ1v) is 7.86. The van der Waals surface area contributed by atoms with Crippen molar-refractivity contribution >= 4 is 7.26 Å². The van der Waals surface area contributed by atoms with Gasteiger partial charge in [-0.2, -0.15) is 0 Å². The average molecular weight is 197 g/mol. The molecule has 1 rings (SSSR count). The quantitative estimate of drug-likeness (QED) is 0.544. The molecule has 74 valence electrons. The fraction of sp³-hybridized carbons (Fsp3) is 0.667. The van der Waals surface area contributed by atoms with E-state index in [1.807, 2.05) is 0 Å². The number of allylic oxidation sites excluding steroid dienone is 2. The zero-order valence-corrected chi connectivity index (χ0v) is 9.89. The first kappa shape index (κ1) is 11.0. The maximum atomic E-state index is 2.51. The Hall–Kier alpha value is -0.0900. The van der Waals surface area contributed by atoms with Gasteiger partial charge in [-0.15, -0.1) is 0 Å². The lowest BCUT2D eigenvalue weighted by atomic mass is 10.4. The summed E-state index contributed by atoms with van der Waals surface area (Å²) in [4.78, 5) is 0. The van der Waals surface area contributed by atoms with Gasteiger partial charge in [-0.05, 0) is 25.0 Å². The third kappa shape index (κ3) is 3.27. The third-order valence-electron chi connectivity index (χ3n) is 2.73. The van der Waals surface area contributed by atoms with Crippen LogP contribution in [0.5, 0.6) is 0 Å². The van der Waals surface area contributed by atoms with E-state index in [2.05, 4.69) is 37.6 Å². The molecule has 0 nitrogen and oxygen atoms in total. The molecule has 0 aromatic heterocycles. The molecule has 0 radical (unpaired) electrons. The standard InChI is InChI=1S/C12H22P/c1-3-5-9-13(10-6-4-2)11-7-8-12-13/h7-8,11-12H,3-6,9-10H2,1-2H3/q+1. The summed E-state index contributed by atoms with van der Waals surface area (Å²) in [6.45, 7) is 4.58. The van der Waals surface area contributed by atoms with Gasteiger partial charge in [-0.1, -0.05) is 26.7 Å². The summed E-state index contributed by atoms with van der Waals surface area (Å²) in [6.07, 6.45) is 12.9. The first-order valence-electron chi connectivity index (χ1n) is 5.56. The predicted molar refractivity (Wildman–Crippen MR) is 64.8 cm³/mol. The number of hydrogen-bond acceptors (Lipinski definition) is 0. The van der Waals surface area contributed by atoms with Crippen molar-refractivity contribution in [2.24, 2.45) is 0 Å². The Balaban J connectivity index is 2.44. The molecule has 0 fully saturated rings. The van der Waals surface area contributed by atoms with Crippen LogP contribution in [0.3, 0.4) is 0 Å². The lowest BCUT2D eigenvalue weighted by Crippen LogP contribution is -1.97. The topological polar surface area (TPSA) is 0 Å². The minimum absolute atomic E-state index is 0.741. The van der Waals surface area contributed by atoms with Crippen LogP contribution in [0.15, 0.2) is 23.8 Å². The summed E-state index contributed by atoms with van der Waals surface area (Å²) >= 11 is 0. The molecule has 0 unspecified atom stereocenters. The van der Waals surface area contributed by atoms with Crippen molar-refractivity contribution in [3.05, 3.63) is 23.8 Å². The first-order chi connectivity index (χ1) is 6.33. The third-order valence-corrected chi connectivity index (χ3v) is 6.56. The number of rotatable bonds is 6. The van der Waals surface area contributed by atoms with Crippen molar-refractivity contribution in [2.75, 3.05) is 12.3 Å². The molecule has 0 saturated carbocycles. The highest BCUT2D eigenvalue weighted by molar-refractivity contribution is 7.81. The van der Waals surface area contributed by atoms with Gasteiger partial charge in [-0.3, -0.25) is 0 Å². The van der Waals surface area contributed by atoms with Gasteiger partial charge in [0.05, 0.1) is 31.2 Å². The molecule has 0 N–H and O–H groups in total. The molecule has 1 aliphatic rings. The molecule has 0 spiro atoms. The van der Waals surface area contributed by atoms with Gasteiger partial charge in [-0.25, -0.2) is 0 Å². The minimum atomic E-state index is -0.741. The van der Waals surface area contributed by atoms with Crippen LogP contribution in [0.25, 0.3) is 0 Å². The Labute approximate surface area is 83.5 Å². The number of hydrogen-bond donors (Lipinski definition) is 0. The van der Waals surface area contributed by atoms with Crippen molar-refractivity contribution in [3.8, 4) is 0 Å². The van der Waals surface area contributed by atoms with E-state index in [0.29, 0.717) is 0 Å². The molecule has 1 aliphatic heterocycles. The summed E-state index contributed by atoms with van der Waals surface area (Å²) in [5.74, 6) is 5.02. The maximum Gasteiger partial charge on any atom is 0.0677 e. The summed E-state index contributed by atoms with van der Waals surface area (Å²) in [5, 5.41) is 0. The van der Waals surface area contributed by atoms with E-state index in [9.17, 15) is 0 Å². The van der Waals surface area contributed by atoms with E-state index >= 15 is 0 Å². The van der Waals surface area contributed by atoms with Crippen LogP contribution in [0.1, 0.15) is 39.5 Å². The second-order valence-electron chi connectivity index (χ2n) is 3.94. The van der Waals surface area contributed by atoms with Gasteiger partial charge < -0.3 is 0 Å². The number of unbranched alkanes of at least 4 members (excludes halogenated alkanes) is 2. The van der Waals surface area contributed by atoms with Crippen molar-refractivity contribution in [1.29, 1.82) is 0 Å². The van der Waals surface area contributed by atoms with E-state index in [1.54, 1.807) is 0 Å². The maximum absolute atomic E-state index is 2.51. The Bertz CT molecular complexity index is 169. The second kappa shape index (κ2) is 5.60.